The summed E-state index contributed by atoms with van der Waals surface area (Å²) in [5, 5.41) is 61.0. The van der Waals surface area contributed by atoms with Crippen molar-refractivity contribution in [1.29, 1.82) is 0 Å². The molecule has 1 spiro atoms. The lowest BCUT2D eigenvalue weighted by molar-refractivity contribution is -0.496. The molecule has 0 amide bonds. The van der Waals surface area contributed by atoms with Crippen LogP contribution in [0.3, 0.4) is 0 Å². The molecule has 4 saturated heterocycles. The van der Waals surface area contributed by atoms with Crippen molar-refractivity contribution in [2.45, 2.75) is 101 Å². The Morgan fingerprint density at radius 1 is 1.23 bits per heavy atom. The third kappa shape index (κ3) is 2.04. The van der Waals surface area contributed by atoms with Gasteiger partial charge in [0.25, 0.3) is 0 Å². The van der Waals surface area contributed by atoms with Gasteiger partial charge in [0.15, 0.2) is 17.5 Å². The molecule has 10 nitrogen and oxygen atoms in total. The predicted molar refractivity (Wildman–Crippen MR) is 119 cm³/mol. The fourth-order valence-corrected chi connectivity index (χ4v) is 8.68. The van der Waals surface area contributed by atoms with Crippen LogP contribution in [0.5, 0.6) is 0 Å². The normalized spacial score (nSPS) is 58.0. The molecule has 5 bridgehead atoms. The minimum absolute atomic E-state index is 0.108. The molecule has 0 radical (unpaired) electrons. The monoisotopic (exact) mass is 493 g/mol. The summed E-state index contributed by atoms with van der Waals surface area (Å²) in [6.07, 6.45) is -2.37. The van der Waals surface area contributed by atoms with Gasteiger partial charge < -0.3 is 44.7 Å². The summed E-state index contributed by atoms with van der Waals surface area (Å²) in [5.41, 5.74) is -8.97. The highest BCUT2D eigenvalue weighted by Crippen LogP contribution is 2.82. The van der Waals surface area contributed by atoms with Gasteiger partial charge in [-0.05, 0) is 43.7 Å². The number of carbonyl (C=O) groups excluding carboxylic acids is 1. The van der Waals surface area contributed by atoms with Crippen molar-refractivity contribution >= 4 is 5.97 Å². The summed E-state index contributed by atoms with van der Waals surface area (Å²) in [4.78, 5) is 15.9. The SMILES string of the molecule is CC1CCC2(O)C3(OC4(O)CC2(C)C2(O)OC3C4(C)C(O)(C(C)C)C2OC(=O)c2ccc[nH]2)C1O. The van der Waals surface area contributed by atoms with Gasteiger partial charge in [0.05, 0.1) is 16.9 Å². The van der Waals surface area contributed by atoms with E-state index in [1.165, 1.54) is 6.07 Å². The number of nitrogens with one attached hydrogen (secondary N) is 1. The molecular formula is C25H35NO9. The number of esters is 1. The molecule has 5 aliphatic rings. The van der Waals surface area contributed by atoms with Crippen molar-refractivity contribution in [1.82, 2.24) is 4.98 Å². The summed E-state index contributed by atoms with van der Waals surface area (Å²) >= 11 is 0. The molecule has 35 heavy (non-hydrogen) atoms. The fourth-order valence-electron chi connectivity index (χ4n) is 8.68. The van der Waals surface area contributed by atoms with E-state index < -0.39 is 69.4 Å². The molecule has 6 N–H and O–H groups in total. The van der Waals surface area contributed by atoms with E-state index in [0.717, 1.165) is 0 Å². The number of aliphatic hydroxyl groups excluding tert-OH is 1. The summed E-state index contributed by atoms with van der Waals surface area (Å²) in [6, 6.07) is 3.11. The molecule has 5 heterocycles. The van der Waals surface area contributed by atoms with Crippen LogP contribution in [-0.2, 0) is 14.2 Å². The van der Waals surface area contributed by atoms with Crippen LogP contribution in [0.2, 0.25) is 0 Å². The summed E-state index contributed by atoms with van der Waals surface area (Å²) in [7, 11) is 0. The second kappa shape index (κ2) is 6.30. The first-order chi connectivity index (χ1) is 16.1. The number of hydrogen-bond donors (Lipinski definition) is 6. The minimum atomic E-state index is -2.40. The molecule has 1 aromatic rings. The van der Waals surface area contributed by atoms with E-state index in [4.69, 9.17) is 14.2 Å². The largest absolute Gasteiger partial charge is 0.449 e. The van der Waals surface area contributed by atoms with Crippen molar-refractivity contribution in [3.63, 3.8) is 0 Å². The molecule has 11 atom stereocenters. The highest BCUT2D eigenvalue weighted by molar-refractivity contribution is 5.87. The van der Waals surface area contributed by atoms with Gasteiger partial charge in [-0.3, -0.25) is 0 Å². The Morgan fingerprint density at radius 3 is 2.51 bits per heavy atom. The van der Waals surface area contributed by atoms with Gasteiger partial charge in [0.1, 0.15) is 23.0 Å². The first kappa shape index (κ1) is 23.8. The van der Waals surface area contributed by atoms with Gasteiger partial charge in [-0.15, -0.1) is 0 Å². The number of fused-ring (bicyclic) bond motifs is 4. The third-order valence-electron chi connectivity index (χ3n) is 10.8. The maximum atomic E-state index is 13.1. The average molecular weight is 494 g/mol. The minimum Gasteiger partial charge on any atom is -0.449 e. The Kier molecular flexibility index (Phi) is 4.29. The van der Waals surface area contributed by atoms with Gasteiger partial charge >= 0.3 is 5.97 Å². The summed E-state index contributed by atoms with van der Waals surface area (Å²) in [6.45, 7) is 8.36. The predicted octanol–water partition coefficient (Wildman–Crippen LogP) is 0.424. The maximum absolute atomic E-state index is 13.1. The van der Waals surface area contributed by atoms with Crippen molar-refractivity contribution in [3.8, 4) is 0 Å². The zero-order chi connectivity index (χ0) is 25.6. The van der Waals surface area contributed by atoms with Gasteiger partial charge in [-0.25, -0.2) is 4.79 Å². The number of hydrogen-bond acceptors (Lipinski definition) is 9. The Bertz CT molecular complexity index is 1090. The van der Waals surface area contributed by atoms with E-state index in [1.807, 2.05) is 6.92 Å². The lowest BCUT2D eigenvalue weighted by Gasteiger charge is -2.73. The Balaban J connectivity index is 1.64. The summed E-state index contributed by atoms with van der Waals surface area (Å²) in [5.74, 6) is -6.29. The van der Waals surface area contributed by atoms with Crippen LogP contribution in [0, 0.1) is 22.7 Å². The number of aromatic nitrogens is 1. The summed E-state index contributed by atoms with van der Waals surface area (Å²) < 4.78 is 18.5. The Labute approximate surface area is 203 Å². The van der Waals surface area contributed by atoms with E-state index in [1.54, 1.807) is 40.0 Å². The first-order valence-electron chi connectivity index (χ1n) is 12.4. The Morgan fingerprint density at radius 2 is 1.91 bits per heavy atom. The maximum Gasteiger partial charge on any atom is 0.355 e. The van der Waals surface area contributed by atoms with Crippen LogP contribution >= 0.6 is 0 Å². The van der Waals surface area contributed by atoms with Crippen molar-refractivity contribution in [2.75, 3.05) is 0 Å². The van der Waals surface area contributed by atoms with Gasteiger partial charge in [0.2, 0.25) is 5.79 Å². The van der Waals surface area contributed by atoms with Crippen LogP contribution in [-0.4, -0.2) is 83.2 Å². The zero-order valence-corrected chi connectivity index (χ0v) is 20.6. The highest BCUT2D eigenvalue weighted by Gasteiger charge is 2.99. The quantitative estimate of drug-likeness (QED) is 0.328. The van der Waals surface area contributed by atoms with Crippen molar-refractivity contribution in [2.24, 2.45) is 22.7 Å². The molecule has 5 fully saturated rings. The molecule has 1 aliphatic carbocycles. The lowest BCUT2D eigenvalue weighted by Crippen LogP contribution is -2.90. The van der Waals surface area contributed by atoms with E-state index in [9.17, 15) is 30.3 Å². The van der Waals surface area contributed by atoms with E-state index in [-0.39, 0.29) is 24.5 Å². The van der Waals surface area contributed by atoms with Crippen LogP contribution in [0.4, 0.5) is 0 Å². The van der Waals surface area contributed by atoms with Gasteiger partial charge in [-0.1, -0.05) is 27.7 Å². The molecule has 0 aromatic carbocycles. The van der Waals surface area contributed by atoms with Gasteiger partial charge in [0, 0.05) is 12.6 Å². The third-order valence-corrected chi connectivity index (χ3v) is 10.8. The number of rotatable bonds is 3. The number of H-pyrrole nitrogens is 1. The number of carbonyl (C=O) groups is 1. The fraction of sp³-hybridized carbons (Fsp3) is 0.800. The number of aromatic amines is 1. The van der Waals surface area contributed by atoms with Crippen LogP contribution in [0.1, 0.15) is 64.4 Å². The topological polar surface area (TPSA) is 162 Å². The van der Waals surface area contributed by atoms with Crippen molar-refractivity contribution in [3.05, 3.63) is 24.0 Å². The number of aliphatic hydroxyl groups is 5. The molecule has 10 heteroatoms. The molecule has 1 saturated carbocycles. The van der Waals surface area contributed by atoms with Crippen LogP contribution < -0.4 is 0 Å². The second-order valence-corrected chi connectivity index (χ2v) is 12.3. The lowest BCUT2D eigenvalue weighted by atomic mass is 9.44. The van der Waals surface area contributed by atoms with E-state index in [2.05, 4.69) is 4.98 Å². The van der Waals surface area contributed by atoms with Crippen LogP contribution in [0.15, 0.2) is 18.3 Å². The average Bonchev–Trinajstić information content (AvgIpc) is 3.36. The smallest absolute Gasteiger partial charge is 0.355 e. The molecular weight excluding hydrogens is 458 g/mol. The van der Waals surface area contributed by atoms with E-state index in [0.29, 0.717) is 6.42 Å². The molecule has 11 unspecified atom stereocenters. The zero-order valence-electron chi connectivity index (χ0n) is 20.6. The van der Waals surface area contributed by atoms with Crippen molar-refractivity contribution < 1.29 is 44.5 Å². The van der Waals surface area contributed by atoms with E-state index >= 15 is 0 Å². The first-order valence-corrected chi connectivity index (χ1v) is 12.4. The molecule has 6 rings (SSSR count). The van der Waals surface area contributed by atoms with Crippen LogP contribution in [0.25, 0.3) is 0 Å². The molecule has 194 valence electrons. The standard InChI is InChI=1S/C25H35NO9/c1-12(2)23(31)18(33-16(28)14-7-6-10-26-14)25(32)19(4)11-22(30)20(23,5)17(34-25)24(35-22)15(27)13(3)8-9-21(19,24)29/h6-7,10,12-13,15,17-18,26-27,29-32H,8-9,11H2,1-5H3. The molecule has 1 aromatic heterocycles. The second-order valence-electron chi connectivity index (χ2n) is 12.3. The highest BCUT2D eigenvalue weighted by atomic mass is 16.7. The number of ether oxygens (including phenoxy) is 3. The Hall–Kier alpha value is -1.53. The molecule has 4 aliphatic heterocycles. The van der Waals surface area contributed by atoms with Gasteiger partial charge in [-0.2, -0.15) is 0 Å².